The van der Waals surface area contributed by atoms with Crippen LogP contribution in [0.1, 0.15) is 25.3 Å². The van der Waals surface area contributed by atoms with Crippen molar-refractivity contribution in [3.63, 3.8) is 0 Å². The smallest absolute Gasteiger partial charge is 0.231 e. The van der Waals surface area contributed by atoms with E-state index in [0.717, 1.165) is 11.8 Å². The van der Waals surface area contributed by atoms with Crippen LogP contribution in [-0.2, 0) is 9.59 Å². The lowest BCUT2D eigenvalue weighted by Gasteiger charge is -2.01. The Morgan fingerprint density at radius 1 is 1.38 bits per heavy atom. The fraction of sp³-hybridized carbons (Fsp3) is 0.200. The van der Waals surface area contributed by atoms with Crippen molar-refractivity contribution in [1.82, 2.24) is 0 Å². The summed E-state index contributed by atoms with van der Waals surface area (Å²) in [5.41, 5.74) is 0.491. The molecule has 0 spiro atoms. The quantitative estimate of drug-likeness (QED) is 0.799. The van der Waals surface area contributed by atoms with Gasteiger partial charge in [0.15, 0.2) is 5.78 Å². The Kier molecular flexibility index (Phi) is 5.14. The molecule has 0 bridgehead atoms. The third-order valence-electron chi connectivity index (χ3n) is 2.88. The van der Waals surface area contributed by atoms with E-state index in [0.29, 0.717) is 26.9 Å². The van der Waals surface area contributed by atoms with Crippen LogP contribution in [0.25, 0.3) is 6.08 Å². The number of carbonyl (C=O) groups excluding carboxylic acids is 2. The standard InChI is InChI=1S/C15H12Cl2O3S/c1-2-3-11(18)13-14(19)12(21-15(13)20)6-8-4-5-9(16)7-10(8)17/h4-7,19H,2-3H2,1H3/b12-6-. The average molecular weight is 343 g/mol. The van der Waals surface area contributed by atoms with E-state index in [1.807, 2.05) is 6.92 Å². The minimum absolute atomic E-state index is 0.127. The maximum atomic E-state index is 11.9. The molecule has 0 saturated heterocycles. The lowest BCUT2D eigenvalue weighted by molar-refractivity contribution is -0.118. The molecule has 0 radical (unpaired) electrons. The van der Waals surface area contributed by atoms with E-state index >= 15 is 0 Å². The van der Waals surface area contributed by atoms with E-state index in [1.165, 1.54) is 0 Å². The molecular formula is C15H12Cl2O3S. The van der Waals surface area contributed by atoms with E-state index in [9.17, 15) is 14.7 Å². The molecule has 6 heteroatoms. The molecule has 0 aliphatic carbocycles. The minimum Gasteiger partial charge on any atom is -0.506 e. The summed E-state index contributed by atoms with van der Waals surface area (Å²) in [6.45, 7) is 1.84. The van der Waals surface area contributed by atoms with Gasteiger partial charge in [0.25, 0.3) is 0 Å². The molecule has 0 unspecified atom stereocenters. The third-order valence-corrected chi connectivity index (χ3v) is 4.37. The fourth-order valence-electron chi connectivity index (χ4n) is 1.87. The number of rotatable bonds is 4. The van der Waals surface area contributed by atoms with Crippen molar-refractivity contribution < 1.29 is 14.7 Å². The topological polar surface area (TPSA) is 54.4 Å². The second-order valence-electron chi connectivity index (χ2n) is 4.46. The van der Waals surface area contributed by atoms with Gasteiger partial charge in [-0.1, -0.05) is 36.2 Å². The van der Waals surface area contributed by atoms with Gasteiger partial charge in [-0.2, -0.15) is 0 Å². The van der Waals surface area contributed by atoms with Crippen molar-refractivity contribution in [3.05, 3.63) is 50.0 Å². The third kappa shape index (κ3) is 3.51. The largest absolute Gasteiger partial charge is 0.506 e. The SMILES string of the molecule is CCCC(=O)C1=C(O)/C(=C/c2ccc(Cl)cc2Cl)SC1=O. The Bertz CT molecular complexity index is 677. The summed E-state index contributed by atoms with van der Waals surface area (Å²) in [6, 6.07) is 4.91. The van der Waals surface area contributed by atoms with E-state index in [4.69, 9.17) is 23.2 Å². The first-order chi connectivity index (χ1) is 9.93. The zero-order chi connectivity index (χ0) is 15.6. The van der Waals surface area contributed by atoms with Gasteiger partial charge in [-0.3, -0.25) is 9.59 Å². The van der Waals surface area contributed by atoms with Crippen molar-refractivity contribution >= 4 is 51.9 Å². The number of halogens is 2. The molecule has 1 aliphatic rings. The highest BCUT2D eigenvalue weighted by atomic mass is 35.5. The number of hydrogen-bond acceptors (Lipinski definition) is 4. The van der Waals surface area contributed by atoms with Crippen LogP contribution in [0.2, 0.25) is 10.0 Å². The van der Waals surface area contributed by atoms with E-state index < -0.39 is 5.12 Å². The van der Waals surface area contributed by atoms with Crippen molar-refractivity contribution in [2.75, 3.05) is 0 Å². The van der Waals surface area contributed by atoms with Gasteiger partial charge in [0, 0.05) is 16.5 Å². The summed E-state index contributed by atoms with van der Waals surface area (Å²) >= 11 is 12.7. The number of hydrogen-bond donors (Lipinski definition) is 1. The number of ketones is 1. The number of aliphatic hydroxyl groups excluding tert-OH is 1. The highest BCUT2D eigenvalue weighted by Gasteiger charge is 2.32. The van der Waals surface area contributed by atoms with Crippen LogP contribution in [0.5, 0.6) is 0 Å². The van der Waals surface area contributed by atoms with Crippen LogP contribution < -0.4 is 0 Å². The van der Waals surface area contributed by atoms with Gasteiger partial charge in [0.2, 0.25) is 5.12 Å². The van der Waals surface area contributed by atoms with Crippen molar-refractivity contribution in [2.24, 2.45) is 0 Å². The van der Waals surface area contributed by atoms with Crippen LogP contribution in [0.3, 0.4) is 0 Å². The average Bonchev–Trinajstić information content (AvgIpc) is 2.68. The van der Waals surface area contributed by atoms with Gasteiger partial charge in [-0.15, -0.1) is 0 Å². The Balaban J connectivity index is 2.39. The Morgan fingerprint density at radius 3 is 2.71 bits per heavy atom. The predicted molar refractivity (Wildman–Crippen MR) is 86.6 cm³/mol. The first-order valence-electron chi connectivity index (χ1n) is 6.29. The maximum Gasteiger partial charge on any atom is 0.231 e. The van der Waals surface area contributed by atoms with E-state index in [1.54, 1.807) is 24.3 Å². The monoisotopic (exact) mass is 342 g/mol. The van der Waals surface area contributed by atoms with Gasteiger partial charge >= 0.3 is 0 Å². The summed E-state index contributed by atoms with van der Waals surface area (Å²) in [4.78, 5) is 24.0. The molecule has 1 N–H and O–H groups in total. The van der Waals surface area contributed by atoms with Crippen molar-refractivity contribution in [3.8, 4) is 0 Å². The van der Waals surface area contributed by atoms with Crippen molar-refractivity contribution in [2.45, 2.75) is 19.8 Å². The van der Waals surface area contributed by atoms with E-state index in [2.05, 4.69) is 0 Å². The zero-order valence-electron chi connectivity index (χ0n) is 11.2. The second kappa shape index (κ2) is 6.69. The minimum atomic E-state index is -0.428. The Labute approximate surface area is 136 Å². The lowest BCUT2D eigenvalue weighted by Crippen LogP contribution is -2.08. The molecule has 0 fully saturated rings. The van der Waals surface area contributed by atoms with Gasteiger partial charge in [0.1, 0.15) is 11.3 Å². The molecule has 0 aromatic heterocycles. The summed E-state index contributed by atoms with van der Waals surface area (Å²) in [7, 11) is 0. The highest BCUT2D eigenvalue weighted by molar-refractivity contribution is 8.18. The molecule has 1 aromatic carbocycles. The lowest BCUT2D eigenvalue weighted by atomic mass is 10.1. The molecule has 1 aromatic rings. The molecule has 110 valence electrons. The summed E-state index contributed by atoms with van der Waals surface area (Å²) < 4.78 is 0. The van der Waals surface area contributed by atoms with Crippen LogP contribution in [0, 0.1) is 0 Å². The van der Waals surface area contributed by atoms with E-state index in [-0.39, 0.29) is 23.5 Å². The number of aliphatic hydroxyl groups is 1. The summed E-state index contributed by atoms with van der Waals surface area (Å²) in [5, 5.41) is 10.6. The molecule has 2 rings (SSSR count). The van der Waals surface area contributed by atoms with Gasteiger partial charge < -0.3 is 5.11 Å². The van der Waals surface area contributed by atoms with Gasteiger partial charge in [0.05, 0.1) is 4.91 Å². The molecule has 0 atom stereocenters. The van der Waals surface area contributed by atoms with Crippen LogP contribution in [0.4, 0.5) is 0 Å². The second-order valence-corrected chi connectivity index (χ2v) is 6.32. The number of benzene rings is 1. The normalized spacial score (nSPS) is 16.9. The molecule has 1 aliphatic heterocycles. The predicted octanol–water partition coefficient (Wildman–Crippen LogP) is 4.79. The zero-order valence-corrected chi connectivity index (χ0v) is 13.5. The molecular weight excluding hydrogens is 331 g/mol. The van der Waals surface area contributed by atoms with Crippen LogP contribution in [-0.4, -0.2) is 16.0 Å². The molecule has 0 saturated carbocycles. The highest BCUT2D eigenvalue weighted by Crippen LogP contribution is 2.39. The maximum absolute atomic E-state index is 11.9. The number of carbonyl (C=O) groups is 2. The Hall–Kier alpha value is -1.23. The van der Waals surface area contributed by atoms with Gasteiger partial charge in [-0.05, 0) is 42.0 Å². The Morgan fingerprint density at radius 2 is 2.10 bits per heavy atom. The first kappa shape index (κ1) is 16.1. The van der Waals surface area contributed by atoms with Crippen LogP contribution in [0.15, 0.2) is 34.4 Å². The molecule has 1 heterocycles. The first-order valence-corrected chi connectivity index (χ1v) is 7.87. The summed E-state index contributed by atoms with van der Waals surface area (Å²) in [6.07, 6.45) is 2.43. The molecule has 0 amide bonds. The fourth-order valence-corrected chi connectivity index (χ4v) is 3.23. The number of Topliss-reactive ketones (excluding diaryl/α,β-unsaturated/α-hetero) is 1. The van der Waals surface area contributed by atoms with Crippen LogP contribution >= 0.6 is 35.0 Å². The molecule has 21 heavy (non-hydrogen) atoms. The molecule has 3 nitrogen and oxygen atoms in total. The number of thioether (sulfide) groups is 1. The van der Waals surface area contributed by atoms with Gasteiger partial charge in [-0.25, -0.2) is 0 Å². The summed E-state index contributed by atoms with van der Waals surface area (Å²) in [5.74, 6) is -0.604. The van der Waals surface area contributed by atoms with Crippen molar-refractivity contribution in [1.29, 1.82) is 0 Å².